The maximum atomic E-state index is 12.0. The van der Waals surface area contributed by atoms with Crippen molar-refractivity contribution in [3.05, 3.63) is 52.5 Å². The first-order valence-corrected chi connectivity index (χ1v) is 8.00. The minimum atomic E-state index is -0.285. The highest BCUT2D eigenvalue weighted by Gasteiger charge is 2.15. The topological polar surface area (TPSA) is 67.4 Å². The highest BCUT2D eigenvalue weighted by molar-refractivity contribution is 6.33. The van der Waals surface area contributed by atoms with E-state index in [1.54, 1.807) is 24.3 Å². The Kier molecular flexibility index (Phi) is 4.71. The lowest BCUT2D eigenvalue weighted by Gasteiger charge is -2.17. The lowest BCUT2D eigenvalue weighted by atomic mass is 10.0. The van der Waals surface area contributed by atoms with Crippen LogP contribution in [-0.2, 0) is 16.0 Å². The average molecular weight is 345 g/mol. The van der Waals surface area contributed by atoms with Gasteiger partial charge in [0.15, 0.2) is 6.61 Å². The number of benzene rings is 2. The van der Waals surface area contributed by atoms with Crippen LogP contribution in [0.2, 0.25) is 5.02 Å². The van der Waals surface area contributed by atoms with Crippen molar-refractivity contribution in [3.8, 4) is 5.75 Å². The molecule has 6 heteroatoms. The van der Waals surface area contributed by atoms with Crippen LogP contribution < -0.4 is 15.4 Å². The van der Waals surface area contributed by atoms with Crippen molar-refractivity contribution in [2.75, 3.05) is 17.2 Å². The van der Waals surface area contributed by atoms with Crippen LogP contribution in [0.25, 0.3) is 0 Å². The third-order valence-corrected chi connectivity index (χ3v) is 4.05. The van der Waals surface area contributed by atoms with E-state index < -0.39 is 0 Å². The van der Waals surface area contributed by atoms with Gasteiger partial charge in [-0.15, -0.1) is 0 Å². The first kappa shape index (κ1) is 16.3. The summed E-state index contributed by atoms with van der Waals surface area (Å²) in [7, 11) is 0. The average Bonchev–Trinajstić information content (AvgIpc) is 2.55. The van der Waals surface area contributed by atoms with Crippen LogP contribution in [0.15, 0.2) is 36.4 Å². The van der Waals surface area contributed by atoms with Crippen molar-refractivity contribution in [1.29, 1.82) is 0 Å². The number of carbonyl (C=O) groups excluding carboxylic acids is 2. The van der Waals surface area contributed by atoms with E-state index in [0.29, 0.717) is 29.3 Å². The summed E-state index contributed by atoms with van der Waals surface area (Å²) in [6, 6.07) is 10.8. The van der Waals surface area contributed by atoms with Crippen molar-refractivity contribution in [3.63, 3.8) is 0 Å². The standard InChI is InChI=1S/C18H17ClN2O3/c1-11-2-5-16(14(19)8-11)21-18(23)10-24-13-4-6-15-12(9-13)3-7-17(22)20-15/h2,4-6,8-9H,3,7,10H2,1H3,(H,20,22)(H,21,23). The predicted octanol–water partition coefficient (Wildman–Crippen LogP) is 3.55. The van der Waals surface area contributed by atoms with Gasteiger partial charge in [0.2, 0.25) is 5.91 Å². The van der Waals surface area contributed by atoms with Gasteiger partial charge in [0.25, 0.3) is 5.91 Å². The molecule has 2 aromatic carbocycles. The third-order valence-electron chi connectivity index (χ3n) is 3.74. The molecule has 1 aliphatic heterocycles. The minimum Gasteiger partial charge on any atom is -0.484 e. The van der Waals surface area contributed by atoms with Gasteiger partial charge in [0.1, 0.15) is 5.75 Å². The molecule has 0 saturated carbocycles. The molecule has 124 valence electrons. The SMILES string of the molecule is Cc1ccc(NC(=O)COc2ccc3c(c2)CCC(=O)N3)c(Cl)c1. The van der Waals surface area contributed by atoms with Crippen molar-refractivity contribution in [2.45, 2.75) is 19.8 Å². The molecule has 0 unspecified atom stereocenters. The van der Waals surface area contributed by atoms with E-state index in [1.807, 2.05) is 19.1 Å². The van der Waals surface area contributed by atoms with Crippen LogP contribution in [0.5, 0.6) is 5.75 Å². The molecule has 2 amide bonds. The number of carbonyl (C=O) groups is 2. The summed E-state index contributed by atoms with van der Waals surface area (Å²) in [6.07, 6.45) is 1.13. The molecule has 0 saturated heterocycles. The molecule has 3 rings (SSSR count). The quantitative estimate of drug-likeness (QED) is 0.891. The number of halogens is 1. The second kappa shape index (κ2) is 6.93. The Morgan fingerprint density at radius 1 is 1.25 bits per heavy atom. The Balaban J connectivity index is 1.59. The fourth-order valence-electron chi connectivity index (χ4n) is 2.51. The van der Waals surface area contributed by atoms with E-state index in [-0.39, 0.29) is 18.4 Å². The van der Waals surface area contributed by atoms with E-state index in [1.165, 1.54) is 0 Å². The van der Waals surface area contributed by atoms with Crippen LogP contribution in [0.3, 0.4) is 0 Å². The smallest absolute Gasteiger partial charge is 0.262 e. The summed E-state index contributed by atoms with van der Waals surface area (Å²) in [5.41, 5.74) is 3.39. The van der Waals surface area contributed by atoms with Gasteiger partial charge in [-0.1, -0.05) is 17.7 Å². The summed E-state index contributed by atoms with van der Waals surface area (Å²) in [5, 5.41) is 6.02. The summed E-state index contributed by atoms with van der Waals surface area (Å²) in [5.74, 6) is 0.326. The van der Waals surface area contributed by atoms with Gasteiger partial charge in [-0.25, -0.2) is 0 Å². The van der Waals surface area contributed by atoms with E-state index in [4.69, 9.17) is 16.3 Å². The molecule has 2 N–H and O–H groups in total. The van der Waals surface area contributed by atoms with Gasteiger partial charge >= 0.3 is 0 Å². The number of aryl methyl sites for hydroxylation is 2. The predicted molar refractivity (Wildman–Crippen MR) is 93.7 cm³/mol. The monoisotopic (exact) mass is 344 g/mol. The number of rotatable bonds is 4. The zero-order chi connectivity index (χ0) is 17.1. The second-order valence-corrected chi connectivity index (χ2v) is 6.09. The lowest BCUT2D eigenvalue weighted by molar-refractivity contribution is -0.118. The number of hydrogen-bond acceptors (Lipinski definition) is 3. The molecule has 2 aromatic rings. The van der Waals surface area contributed by atoms with E-state index in [9.17, 15) is 9.59 Å². The Labute approximate surface area is 145 Å². The molecule has 0 bridgehead atoms. The van der Waals surface area contributed by atoms with Crippen LogP contribution in [0, 0.1) is 6.92 Å². The number of amides is 2. The van der Waals surface area contributed by atoms with Gasteiger partial charge < -0.3 is 15.4 Å². The van der Waals surface area contributed by atoms with Gasteiger partial charge in [0.05, 0.1) is 10.7 Å². The van der Waals surface area contributed by atoms with Crippen molar-refractivity contribution < 1.29 is 14.3 Å². The highest BCUT2D eigenvalue weighted by atomic mass is 35.5. The largest absolute Gasteiger partial charge is 0.484 e. The number of anilines is 2. The van der Waals surface area contributed by atoms with Gasteiger partial charge in [0, 0.05) is 12.1 Å². The molecular weight excluding hydrogens is 328 g/mol. The number of fused-ring (bicyclic) bond motifs is 1. The zero-order valence-corrected chi connectivity index (χ0v) is 13.9. The molecule has 0 radical (unpaired) electrons. The fourth-order valence-corrected chi connectivity index (χ4v) is 2.79. The summed E-state index contributed by atoms with van der Waals surface area (Å²) in [6.45, 7) is 1.81. The second-order valence-electron chi connectivity index (χ2n) is 5.69. The number of hydrogen-bond donors (Lipinski definition) is 2. The van der Waals surface area contributed by atoms with E-state index in [2.05, 4.69) is 10.6 Å². The van der Waals surface area contributed by atoms with Gasteiger partial charge in [-0.3, -0.25) is 9.59 Å². The van der Waals surface area contributed by atoms with Crippen molar-refractivity contribution >= 4 is 34.8 Å². The van der Waals surface area contributed by atoms with Crippen molar-refractivity contribution in [2.24, 2.45) is 0 Å². The number of ether oxygens (including phenoxy) is 1. The Morgan fingerprint density at radius 2 is 2.08 bits per heavy atom. The first-order chi connectivity index (χ1) is 11.5. The number of nitrogens with one attached hydrogen (secondary N) is 2. The molecule has 0 aromatic heterocycles. The van der Waals surface area contributed by atoms with Gasteiger partial charge in [-0.2, -0.15) is 0 Å². The summed E-state index contributed by atoms with van der Waals surface area (Å²) >= 11 is 6.09. The summed E-state index contributed by atoms with van der Waals surface area (Å²) < 4.78 is 5.53. The third kappa shape index (κ3) is 3.86. The van der Waals surface area contributed by atoms with Crippen LogP contribution in [-0.4, -0.2) is 18.4 Å². The Bertz CT molecular complexity index is 805. The molecule has 1 aliphatic rings. The van der Waals surface area contributed by atoms with E-state index in [0.717, 1.165) is 16.8 Å². The molecule has 1 heterocycles. The summed E-state index contributed by atoms with van der Waals surface area (Å²) in [4.78, 5) is 23.3. The molecule has 0 atom stereocenters. The van der Waals surface area contributed by atoms with E-state index >= 15 is 0 Å². The first-order valence-electron chi connectivity index (χ1n) is 7.63. The fraction of sp³-hybridized carbons (Fsp3) is 0.222. The molecule has 0 fully saturated rings. The molecule has 24 heavy (non-hydrogen) atoms. The highest BCUT2D eigenvalue weighted by Crippen LogP contribution is 2.27. The van der Waals surface area contributed by atoms with Crippen molar-refractivity contribution in [1.82, 2.24) is 0 Å². The molecule has 0 spiro atoms. The minimum absolute atomic E-state index is 0.0190. The maximum Gasteiger partial charge on any atom is 0.262 e. The normalized spacial score (nSPS) is 13.0. The van der Waals surface area contributed by atoms with Crippen LogP contribution in [0.4, 0.5) is 11.4 Å². The molecule has 5 nitrogen and oxygen atoms in total. The maximum absolute atomic E-state index is 12.0. The Morgan fingerprint density at radius 3 is 2.88 bits per heavy atom. The zero-order valence-electron chi connectivity index (χ0n) is 13.2. The van der Waals surface area contributed by atoms with Gasteiger partial charge in [-0.05, 0) is 54.8 Å². The Hall–Kier alpha value is -2.53. The molecular formula is C18H17ClN2O3. The van der Waals surface area contributed by atoms with Crippen LogP contribution in [0.1, 0.15) is 17.5 Å². The van der Waals surface area contributed by atoms with Crippen LogP contribution >= 0.6 is 11.6 Å². The molecule has 0 aliphatic carbocycles. The lowest BCUT2D eigenvalue weighted by Crippen LogP contribution is -2.21.